The summed E-state index contributed by atoms with van der Waals surface area (Å²) in [5, 5.41) is 2.98. The van der Waals surface area contributed by atoms with E-state index < -0.39 is 6.10 Å². The molecule has 0 spiro atoms. The van der Waals surface area contributed by atoms with E-state index in [0.29, 0.717) is 6.54 Å². The maximum Gasteiger partial charge on any atom is 0.261 e. The lowest BCUT2D eigenvalue weighted by atomic mass is 10.1. The fourth-order valence-corrected chi connectivity index (χ4v) is 3.45. The average molecular weight is 383 g/mol. The molecule has 1 aliphatic rings. The molecule has 5 nitrogen and oxygen atoms in total. The number of ether oxygens (including phenoxy) is 2. The van der Waals surface area contributed by atoms with E-state index in [0.717, 1.165) is 55.3 Å². The van der Waals surface area contributed by atoms with Crippen LogP contribution in [-0.2, 0) is 22.6 Å². The summed E-state index contributed by atoms with van der Waals surface area (Å²) in [6, 6.07) is 14.4. The van der Waals surface area contributed by atoms with Gasteiger partial charge in [0.2, 0.25) is 0 Å². The number of nitrogens with zero attached hydrogens (tertiary/aromatic N) is 1. The summed E-state index contributed by atoms with van der Waals surface area (Å²) in [4.78, 5) is 14.8. The van der Waals surface area contributed by atoms with E-state index in [2.05, 4.69) is 28.4 Å². The summed E-state index contributed by atoms with van der Waals surface area (Å²) >= 11 is 0. The zero-order valence-electron chi connectivity index (χ0n) is 17.0. The molecule has 1 fully saturated rings. The van der Waals surface area contributed by atoms with Crippen LogP contribution in [0.5, 0.6) is 5.75 Å². The van der Waals surface area contributed by atoms with Crippen molar-refractivity contribution in [2.75, 3.05) is 26.3 Å². The maximum absolute atomic E-state index is 12.4. The molecule has 150 valence electrons. The lowest BCUT2D eigenvalue weighted by Crippen LogP contribution is -2.36. The van der Waals surface area contributed by atoms with Crippen LogP contribution in [0.15, 0.2) is 42.5 Å². The SMILES string of the molecule is Cc1cc(C)cc(OC(C)C(=O)NCc2cccc(CN3CCOCC3)c2)c1. The molecule has 1 saturated heterocycles. The van der Waals surface area contributed by atoms with Crippen LogP contribution < -0.4 is 10.1 Å². The molecule has 1 N–H and O–H groups in total. The van der Waals surface area contributed by atoms with Crippen LogP contribution in [0.4, 0.5) is 0 Å². The normalized spacial score (nSPS) is 15.8. The smallest absolute Gasteiger partial charge is 0.261 e. The number of carbonyl (C=O) groups excluding carboxylic acids is 1. The molecule has 0 aliphatic carbocycles. The average Bonchev–Trinajstić information content (AvgIpc) is 2.66. The van der Waals surface area contributed by atoms with Gasteiger partial charge in [-0.1, -0.05) is 30.3 Å². The second kappa shape index (κ2) is 9.71. The second-order valence-electron chi connectivity index (χ2n) is 7.51. The first kappa shape index (κ1) is 20.4. The van der Waals surface area contributed by atoms with Crippen molar-refractivity contribution in [1.29, 1.82) is 0 Å². The molecule has 1 aliphatic heterocycles. The number of rotatable bonds is 7. The molecule has 0 bridgehead atoms. The molecule has 0 saturated carbocycles. The molecule has 1 unspecified atom stereocenters. The van der Waals surface area contributed by atoms with Gasteiger partial charge in [0.1, 0.15) is 5.75 Å². The molecule has 0 radical (unpaired) electrons. The van der Waals surface area contributed by atoms with Crippen LogP contribution in [-0.4, -0.2) is 43.2 Å². The standard InChI is InChI=1S/C23H30N2O3/c1-17-11-18(2)13-22(12-17)28-19(3)23(26)24-15-20-5-4-6-21(14-20)16-25-7-9-27-10-8-25/h4-6,11-14,19H,7-10,15-16H2,1-3H3,(H,24,26). The first-order valence-corrected chi connectivity index (χ1v) is 9.90. The van der Waals surface area contributed by atoms with Crippen molar-refractivity contribution in [2.24, 2.45) is 0 Å². The number of nitrogens with one attached hydrogen (secondary N) is 1. The fraction of sp³-hybridized carbons (Fsp3) is 0.435. The summed E-state index contributed by atoms with van der Waals surface area (Å²) in [6.07, 6.45) is -0.544. The van der Waals surface area contributed by atoms with Crippen LogP contribution in [0.3, 0.4) is 0 Å². The molecule has 1 heterocycles. The highest BCUT2D eigenvalue weighted by Crippen LogP contribution is 2.17. The highest BCUT2D eigenvalue weighted by molar-refractivity contribution is 5.80. The van der Waals surface area contributed by atoms with Crippen molar-refractivity contribution in [3.63, 3.8) is 0 Å². The van der Waals surface area contributed by atoms with Crippen molar-refractivity contribution in [1.82, 2.24) is 10.2 Å². The van der Waals surface area contributed by atoms with Gasteiger partial charge in [0.15, 0.2) is 6.10 Å². The number of amides is 1. The molecule has 1 atom stereocenters. The van der Waals surface area contributed by atoms with Crippen molar-refractivity contribution < 1.29 is 14.3 Å². The van der Waals surface area contributed by atoms with E-state index in [-0.39, 0.29) is 5.91 Å². The van der Waals surface area contributed by atoms with Crippen LogP contribution in [0, 0.1) is 13.8 Å². The Labute approximate surface area is 167 Å². The predicted molar refractivity (Wildman–Crippen MR) is 110 cm³/mol. The Morgan fingerprint density at radius 1 is 1.11 bits per heavy atom. The van der Waals surface area contributed by atoms with Crippen LogP contribution in [0.25, 0.3) is 0 Å². The summed E-state index contributed by atoms with van der Waals surface area (Å²) < 4.78 is 11.2. The summed E-state index contributed by atoms with van der Waals surface area (Å²) in [5.74, 6) is 0.616. The largest absolute Gasteiger partial charge is 0.481 e. The Morgan fingerprint density at radius 2 is 1.79 bits per heavy atom. The van der Waals surface area contributed by atoms with Gasteiger partial charge >= 0.3 is 0 Å². The van der Waals surface area contributed by atoms with Gasteiger partial charge < -0.3 is 14.8 Å². The van der Waals surface area contributed by atoms with Gasteiger partial charge in [-0.15, -0.1) is 0 Å². The molecule has 28 heavy (non-hydrogen) atoms. The third kappa shape index (κ3) is 6.08. The van der Waals surface area contributed by atoms with E-state index in [1.165, 1.54) is 5.56 Å². The summed E-state index contributed by atoms with van der Waals surface area (Å²) in [6.45, 7) is 10.8. The van der Waals surface area contributed by atoms with Gasteiger partial charge in [-0.3, -0.25) is 9.69 Å². The minimum Gasteiger partial charge on any atom is -0.481 e. The number of hydrogen-bond acceptors (Lipinski definition) is 4. The van der Waals surface area contributed by atoms with E-state index in [1.54, 1.807) is 6.92 Å². The highest BCUT2D eigenvalue weighted by atomic mass is 16.5. The van der Waals surface area contributed by atoms with Gasteiger partial charge in [-0.05, 0) is 55.2 Å². The Hall–Kier alpha value is -2.37. The molecule has 0 aromatic heterocycles. The molecule has 2 aromatic rings. The van der Waals surface area contributed by atoms with E-state index in [1.807, 2.05) is 38.1 Å². The number of aryl methyl sites for hydroxylation is 2. The number of benzene rings is 2. The number of carbonyl (C=O) groups is 1. The van der Waals surface area contributed by atoms with Gasteiger partial charge in [0.25, 0.3) is 5.91 Å². The van der Waals surface area contributed by atoms with Gasteiger partial charge in [-0.2, -0.15) is 0 Å². The molecule has 1 amide bonds. The lowest BCUT2D eigenvalue weighted by molar-refractivity contribution is -0.127. The highest BCUT2D eigenvalue weighted by Gasteiger charge is 2.15. The van der Waals surface area contributed by atoms with Crippen LogP contribution in [0.2, 0.25) is 0 Å². The van der Waals surface area contributed by atoms with Gasteiger partial charge in [0.05, 0.1) is 13.2 Å². The second-order valence-corrected chi connectivity index (χ2v) is 7.51. The Morgan fingerprint density at radius 3 is 2.50 bits per heavy atom. The minimum absolute atomic E-state index is 0.113. The zero-order valence-corrected chi connectivity index (χ0v) is 17.0. The van der Waals surface area contributed by atoms with Crippen molar-refractivity contribution in [2.45, 2.75) is 40.0 Å². The third-order valence-corrected chi connectivity index (χ3v) is 4.85. The first-order chi connectivity index (χ1) is 13.5. The summed E-state index contributed by atoms with van der Waals surface area (Å²) in [5.41, 5.74) is 4.60. The number of hydrogen-bond donors (Lipinski definition) is 1. The topological polar surface area (TPSA) is 50.8 Å². The maximum atomic E-state index is 12.4. The molecular formula is C23H30N2O3. The van der Waals surface area contributed by atoms with Gasteiger partial charge in [0, 0.05) is 26.2 Å². The van der Waals surface area contributed by atoms with Crippen molar-refractivity contribution in [3.8, 4) is 5.75 Å². The van der Waals surface area contributed by atoms with Crippen LogP contribution >= 0.6 is 0 Å². The third-order valence-electron chi connectivity index (χ3n) is 4.85. The Kier molecular flexibility index (Phi) is 7.06. The lowest BCUT2D eigenvalue weighted by Gasteiger charge is -2.26. The van der Waals surface area contributed by atoms with Crippen molar-refractivity contribution in [3.05, 3.63) is 64.7 Å². The van der Waals surface area contributed by atoms with E-state index in [9.17, 15) is 4.79 Å². The van der Waals surface area contributed by atoms with Crippen LogP contribution in [0.1, 0.15) is 29.2 Å². The zero-order chi connectivity index (χ0) is 19.9. The first-order valence-electron chi connectivity index (χ1n) is 9.90. The summed E-state index contributed by atoms with van der Waals surface area (Å²) in [7, 11) is 0. The molecular weight excluding hydrogens is 352 g/mol. The van der Waals surface area contributed by atoms with E-state index >= 15 is 0 Å². The fourth-order valence-electron chi connectivity index (χ4n) is 3.45. The molecule has 2 aromatic carbocycles. The minimum atomic E-state index is -0.544. The quantitative estimate of drug-likeness (QED) is 0.799. The predicted octanol–water partition coefficient (Wildman–Crippen LogP) is 3.22. The molecule has 5 heteroatoms. The number of morpholine rings is 1. The molecule has 3 rings (SSSR count). The van der Waals surface area contributed by atoms with Crippen molar-refractivity contribution >= 4 is 5.91 Å². The Balaban J connectivity index is 1.51. The van der Waals surface area contributed by atoms with E-state index in [4.69, 9.17) is 9.47 Å². The Bertz CT molecular complexity index is 780. The van der Waals surface area contributed by atoms with Gasteiger partial charge in [-0.25, -0.2) is 0 Å². The monoisotopic (exact) mass is 382 g/mol.